The molecule has 0 aromatic heterocycles. The molecule has 0 unspecified atom stereocenters. The van der Waals surface area contributed by atoms with Crippen molar-refractivity contribution >= 4 is 15.9 Å². The van der Waals surface area contributed by atoms with Gasteiger partial charge in [-0.2, -0.15) is 4.31 Å². The van der Waals surface area contributed by atoms with Crippen LogP contribution in [0, 0.1) is 0 Å². The highest BCUT2D eigenvalue weighted by Gasteiger charge is 2.30. The van der Waals surface area contributed by atoms with Crippen LogP contribution in [0.3, 0.4) is 0 Å². The van der Waals surface area contributed by atoms with Gasteiger partial charge in [0, 0.05) is 30.3 Å². The monoisotopic (exact) mass is 402 g/mol. The van der Waals surface area contributed by atoms with Gasteiger partial charge in [0.1, 0.15) is 5.75 Å². The van der Waals surface area contributed by atoms with Crippen LogP contribution in [0.15, 0.2) is 53.4 Å². The van der Waals surface area contributed by atoms with E-state index in [1.54, 1.807) is 23.5 Å². The second-order valence-electron chi connectivity index (χ2n) is 6.98. The number of amides is 1. The van der Waals surface area contributed by atoms with Crippen LogP contribution in [0.5, 0.6) is 5.75 Å². The predicted octanol–water partition coefficient (Wildman–Crippen LogP) is 3.19. The molecule has 2 aromatic carbocycles. The Hall–Kier alpha value is -2.38. The molecule has 1 aliphatic rings. The molecule has 2 aromatic rings. The third-order valence-corrected chi connectivity index (χ3v) is 7.12. The number of para-hydroxylation sites is 1. The second kappa shape index (κ2) is 8.75. The number of benzene rings is 2. The van der Waals surface area contributed by atoms with E-state index in [1.807, 2.05) is 31.2 Å². The summed E-state index contributed by atoms with van der Waals surface area (Å²) < 4.78 is 32.6. The molecule has 0 radical (unpaired) electrons. The van der Waals surface area contributed by atoms with Crippen molar-refractivity contribution in [2.24, 2.45) is 0 Å². The van der Waals surface area contributed by atoms with Crippen molar-refractivity contribution in [3.63, 3.8) is 0 Å². The minimum absolute atomic E-state index is 0.00239. The van der Waals surface area contributed by atoms with Gasteiger partial charge in [0.25, 0.3) is 5.91 Å². The fraction of sp³-hybridized carbons (Fsp3) is 0.381. The maximum atomic E-state index is 12.9. The Kier molecular flexibility index (Phi) is 6.36. The van der Waals surface area contributed by atoms with Crippen LogP contribution >= 0.6 is 0 Å². The summed E-state index contributed by atoms with van der Waals surface area (Å²) in [7, 11) is -1.95. The zero-order valence-corrected chi connectivity index (χ0v) is 17.0. The molecule has 3 rings (SSSR count). The van der Waals surface area contributed by atoms with Crippen LogP contribution in [0.1, 0.15) is 42.1 Å². The van der Waals surface area contributed by atoms with Crippen LogP contribution in [-0.2, 0) is 16.6 Å². The van der Waals surface area contributed by atoms with Gasteiger partial charge >= 0.3 is 0 Å². The third kappa shape index (κ3) is 4.36. The smallest absolute Gasteiger partial charge is 0.251 e. The number of carbonyl (C=O) groups excluding carboxylic acids is 1. The number of hydrogen-bond donors (Lipinski definition) is 1. The van der Waals surface area contributed by atoms with E-state index in [1.165, 1.54) is 12.1 Å². The van der Waals surface area contributed by atoms with Gasteiger partial charge in [-0.05, 0) is 50.1 Å². The number of sulfonamides is 1. The maximum absolute atomic E-state index is 12.9. The van der Waals surface area contributed by atoms with E-state index >= 15 is 0 Å². The molecule has 7 heteroatoms. The van der Waals surface area contributed by atoms with Crippen molar-refractivity contribution < 1.29 is 17.9 Å². The summed E-state index contributed by atoms with van der Waals surface area (Å²) in [4.78, 5) is 12.6. The molecular weight excluding hydrogens is 376 g/mol. The Balaban J connectivity index is 1.69. The van der Waals surface area contributed by atoms with Gasteiger partial charge in [-0.25, -0.2) is 8.42 Å². The Labute approximate surface area is 166 Å². The third-order valence-electron chi connectivity index (χ3n) is 5.10. The molecule has 150 valence electrons. The first-order valence-corrected chi connectivity index (χ1v) is 10.9. The number of nitrogens with zero attached hydrogens (tertiary/aromatic N) is 1. The lowest BCUT2D eigenvalue weighted by atomic mass is 10.1. The van der Waals surface area contributed by atoms with Gasteiger partial charge in [0.15, 0.2) is 0 Å². The van der Waals surface area contributed by atoms with Crippen molar-refractivity contribution in [1.82, 2.24) is 9.62 Å². The molecule has 0 bridgehead atoms. The largest absolute Gasteiger partial charge is 0.496 e. The zero-order chi connectivity index (χ0) is 20.1. The molecule has 1 amide bonds. The predicted molar refractivity (Wildman–Crippen MR) is 108 cm³/mol. The van der Waals surface area contributed by atoms with Gasteiger partial charge in [-0.15, -0.1) is 0 Å². The Morgan fingerprint density at radius 3 is 2.54 bits per heavy atom. The summed E-state index contributed by atoms with van der Waals surface area (Å²) in [5.74, 6) is 0.445. The van der Waals surface area contributed by atoms with Crippen LogP contribution in [0.25, 0.3) is 0 Å². The molecule has 0 spiro atoms. The minimum atomic E-state index is -3.53. The average molecular weight is 403 g/mol. The number of nitrogens with one attached hydrogen (secondary N) is 1. The standard InChI is InChI=1S/C21H26N2O4S/c1-16-7-5-6-14-23(16)28(25,26)19-12-10-17(11-13-19)21(24)22-15-18-8-3-4-9-20(18)27-2/h3-4,8-13,16H,5-7,14-15H2,1-2H3,(H,22,24)/t16-/m1/s1. The fourth-order valence-electron chi connectivity index (χ4n) is 3.47. The van der Waals surface area contributed by atoms with Gasteiger partial charge in [-0.1, -0.05) is 24.6 Å². The van der Waals surface area contributed by atoms with E-state index in [2.05, 4.69) is 5.32 Å². The molecule has 1 fully saturated rings. The van der Waals surface area contributed by atoms with Gasteiger partial charge in [-0.3, -0.25) is 4.79 Å². The van der Waals surface area contributed by atoms with E-state index < -0.39 is 10.0 Å². The van der Waals surface area contributed by atoms with Crippen LogP contribution in [0.2, 0.25) is 0 Å². The Morgan fingerprint density at radius 2 is 1.86 bits per heavy atom. The highest BCUT2D eigenvalue weighted by Crippen LogP contribution is 2.25. The van der Waals surface area contributed by atoms with Crippen molar-refractivity contribution in [3.05, 3.63) is 59.7 Å². The van der Waals surface area contributed by atoms with E-state index in [0.29, 0.717) is 24.4 Å². The molecule has 1 N–H and O–H groups in total. The minimum Gasteiger partial charge on any atom is -0.496 e. The number of hydrogen-bond acceptors (Lipinski definition) is 4. The van der Waals surface area contributed by atoms with Crippen LogP contribution in [-0.4, -0.2) is 38.3 Å². The summed E-state index contributed by atoms with van der Waals surface area (Å²) in [5, 5.41) is 2.84. The molecule has 1 aliphatic heterocycles. The topological polar surface area (TPSA) is 75.7 Å². The SMILES string of the molecule is COc1ccccc1CNC(=O)c1ccc(S(=O)(=O)N2CCCC[C@H]2C)cc1. The van der Waals surface area contributed by atoms with Gasteiger partial charge < -0.3 is 10.1 Å². The number of piperidine rings is 1. The number of methoxy groups -OCH3 is 1. The molecule has 6 nitrogen and oxygen atoms in total. The van der Waals surface area contributed by atoms with Crippen LogP contribution < -0.4 is 10.1 Å². The fourth-order valence-corrected chi connectivity index (χ4v) is 5.17. The summed E-state index contributed by atoms with van der Waals surface area (Å²) >= 11 is 0. The number of carbonyl (C=O) groups is 1. The Morgan fingerprint density at radius 1 is 1.14 bits per heavy atom. The molecule has 0 saturated carbocycles. The molecule has 0 aliphatic carbocycles. The molecule has 1 saturated heterocycles. The molecule has 28 heavy (non-hydrogen) atoms. The highest BCUT2D eigenvalue weighted by atomic mass is 32.2. The molecule has 1 heterocycles. The van der Waals surface area contributed by atoms with Crippen molar-refractivity contribution in [3.8, 4) is 5.75 Å². The number of rotatable bonds is 6. The summed E-state index contributed by atoms with van der Waals surface area (Å²) in [6, 6.07) is 13.6. The molecular formula is C21H26N2O4S. The number of ether oxygens (including phenoxy) is 1. The second-order valence-corrected chi connectivity index (χ2v) is 8.87. The van der Waals surface area contributed by atoms with Gasteiger partial charge in [0.2, 0.25) is 10.0 Å². The van der Waals surface area contributed by atoms with E-state index in [9.17, 15) is 13.2 Å². The summed E-state index contributed by atoms with van der Waals surface area (Å²) in [5.41, 5.74) is 1.29. The summed E-state index contributed by atoms with van der Waals surface area (Å²) in [6.45, 7) is 2.81. The Bertz CT molecular complexity index is 926. The van der Waals surface area contributed by atoms with Crippen molar-refractivity contribution in [2.45, 2.75) is 43.7 Å². The zero-order valence-electron chi connectivity index (χ0n) is 16.2. The average Bonchev–Trinajstić information content (AvgIpc) is 2.72. The van der Waals surface area contributed by atoms with Crippen molar-refractivity contribution in [2.75, 3.05) is 13.7 Å². The van der Waals surface area contributed by atoms with E-state index in [-0.39, 0.29) is 16.8 Å². The quantitative estimate of drug-likeness (QED) is 0.805. The lowest BCUT2D eigenvalue weighted by Crippen LogP contribution is -2.41. The normalized spacial score (nSPS) is 17.9. The maximum Gasteiger partial charge on any atom is 0.251 e. The summed E-state index contributed by atoms with van der Waals surface area (Å²) in [6.07, 6.45) is 2.81. The van der Waals surface area contributed by atoms with E-state index in [4.69, 9.17) is 4.74 Å². The highest BCUT2D eigenvalue weighted by molar-refractivity contribution is 7.89. The molecule has 1 atom stereocenters. The lowest BCUT2D eigenvalue weighted by molar-refractivity contribution is 0.0950. The lowest BCUT2D eigenvalue weighted by Gasteiger charge is -2.32. The first-order valence-electron chi connectivity index (χ1n) is 9.45. The first kappa shape index (κ1) is 20.4. The van der Waals surface area contributed by atoms with E-state index in [0.717, 1.165) is 24.8 Å². The van der Waals surface area contributed by atoms with Crippen molar-refractivity contribution in [1.29, 1.82) is 0 Å². The first-order chi connectivity index (χ1) is 13.4. The van der Waals surface area contributed by atoms with Crippen LogP contribution in [0.4, 0.5) is 0 Å². The van der Waals surface area contributed by atoms with Gasteiger partial charge in [0.05, 0.1) is 12.0 Å².